The molecular weight excluding hydrogens is 869 g/mol. The average molecular weight is 929 g/mol. The molecule has 3 aromatic rings. The van der Waals surface area contributed by atoms with Gasteiger partial charge in [0.05, 0.1) is 41.8 Å². The number of hydrogen-bond donors (Lipinski definition) is 8. The van der Waals surface area contributed by atoms with Gasteiger partial charge < -0.3 is 69.6 Å². The van der Waals surface area contributed by atoms with Gasteiger partial charge in [0.1, 0.15) is 48.8 Å². The Bertz CT molecular complexity index is 2620. The molecule has 1 aliphatic carbocycles. The Morgan fingerprint density at radius 3 is 2.08 bits per heavy atom. The fourth-order valence-corrected chi connectivity index (χ4v) is 8.65. The van der Waals surface area contributed by atoms with Crippen molar-refractivity contribution in [3.63, 3.8) is 0 Å². The smallest absolute Gasteiger partial charge is 0.263 e. The molecular formula is C43H60N8O15. The van der Waals surface area contributed by atoms with Crippen LogP contribution in [0, 0.1) is 0 Å². The van der Waals surface area contributed by atoms with Crippen LogP contribution < -0.4 is 22.0 Å². The summed E-state index contributed by atoms with van der Waals surface area (Å²) in [6, 6.07) is 4.80. The van der Waals surface area contributed by atoms with Gasteiger partial charge in [-0.15, -0.1) is 5.10 Å². The van der Waals surface area contributed by atoms with E-state index in [1.807, 2.05) is 38.0 Å². The molecule has 2 saturated heterocycles. The van der Waals surface area contributed by atoms with Crippen molar-refractivity contribution < 1.29 is 59.8 Å². The first kappa shape index (κ1) is 49.3. The van der Waals surface area contributed by atoms with Gasteiger partial charge in [0.15, 0.2) is 12.6 Å². The normalized spacial score (nSPS) is 26.6. The SMILES string of the molecule is CN(C)CCCn1c(O)c2ccc3c4c2c(c(=NCCCn2cc(CCO[C@@H]5O[C@H](CO)[C@@H](O[C@@H]6O[C@H](CO)[C@H](O)[C@H](O)[C@H]6O)[C@H](O)[C@H]5O)nn2)cc-4c(=O)n(CCCN(C)C)c3=O)c1=O. The van der Waals surface area contributed by atoms with E-state index < -0.39 is 91.3 Å². The minimum atomic E-state index is -1.79. The van der Waals surface area contributed by atoms with Crippen LogP contribution in [0.1, 0.15) is 25.0 Å². The second kappa shape index (κ2) is 21.1. The van der Waals surface area contributed by atoms with Crippen molar-refractivity contribution in [3.8, 4) is 17.0 Å². The molecule has 23 nitrogen and oxygen atoms in total. The molecule has 7 rings (SSSR count). The standard InChI is InChI=1S/C43H60N8O15/c1-47(2)12-6-15-50-38(59)23-8-9-24-30-29(23)25(40(50)61)18-26(31(30)41(62)51(39(24)60)16-7-13-48(3)4)44-11-5-14-49-19-22(45-46-49)10-17-63-42-36(58)34(56)37(28(21-53)65-42)66-43-35(57)33(55)32(54)27(20-52)64-43/h8-9,18-19,27-28,32-37,42-43,52-58,60H,5-7,10-17,20-21H2,1-4H3/t27-,28-,32+,33+,34-,35-,36-,37-,42-,43+/m1/s1. The van der Waals surface area contributed by atoms with Crippen LogP contribution >= 0.6 is 0 Å². The molecule has 0 amide bonds. The molecule has 0 saturated carbocycles. The number of aliphatic hydroxyl groups is 7. The van der Waals surface area contributed by atoms with E-state index in [1.165, 1.54) is 9.13 Å². The van der Waals surface area contributed by atoms with Crippen LogP contribution in [0.25, 0.3) is 32.7 Å². The Balaban J connectivity index is 1.04. The summed E-state index contributed by atoms with van der Waals surface area (Å²) in [5.74, 6) is -0.246. The summed E-state index contributed by atoms with van der Waals surface area (Å²) in [6.45, 7) is 0.851. The molecule has 23 heteroatoms. The second-order valence-corrected chi connectivity index (χ2v) is 17.4. The van der Waals surface area contributed by atoms with Gasteiger partial charge >= 0.3 is 0 Å². The summed E-state index contributed by atoms with van der Waals surface area (Å²) < 4.78 is 26.5. The summed E-state index contributed by atoms with van der Waals surface area (Å²) in [6.07, 6.45) is -12.2. The van der Waals surface area contributed by atoms with Gasteiger partial charge in [-0.05, 0) is 78.7 Å². The molecule has 66 heavy (non-hydrogen) atoms. The third kappa shape index (κ3) is 9.99. The zero-order valence-corrected chi connectivity index (χ0v) is 37.3. The average Bonchev–Trinajstić information content (AvgIpc) is 3.75. The van der Waals surface area contributed by atoms with Crippen molar-refractivity contribution in [2.24, 2.45) is 4.99 Å². The summed E-state index contributed by atoms with van der Waals surface area (Å²) in [5, 5.41) is 93.1. The number of pyridine rings is 2. The maximum absolute atomic E-state index is 14.3. The van der Waals surface area contributed by atoms with Crippen molar-refractivity contribution in [2.45, 2.75) is 107 Å². The molecule has 0 unspecified atom stereocenters. The molecule has 4 aliphatic rings. The molecule has 1 aromatic carbocycles. The molecule has 0 bridgehead atoms. The molecule has 2 aromatic heterocycles. The van der Waals surface area contributed by atoms with Crippen molar-refractivity contribution in [1.82, 2.24) is 33.9 Å². The Hall–Kier alpha value is -4.60. The van der Waals surface area contributed by atoms with Crippen LogP contribution in [0.5, 0.6) is 5.88 Å². The lowest BCUT2D eigenvalue weighted by molar-refractivity contribution is -0.359. The van der Waals surface area contributed by atoms with Crippen LogP contribution in [-0.2, 0) is 45.0 Å². The first-order valence-electron chi connectivity index (χ1n) is 22.0. The van der Waals surface area contributed by atoms with E-state index in [-0.39, 0.29) is 60.2 Å². The lowest BCUT2D eigenvalue weighted by atomic mass is 9.90. The van der Waals surface area contributed by atoms with Crippen molar-refractivity contribution in [2.75, 3.05) is 67.6 Å². The molecule has 0 spiro atoms. The molecule has 10 atom stereocenters. The van der Waals surface area contributed by atoms with E-state index in [4.69, 9.17) is 23.9 Å². The van der Waals surface area contributed by atoms with Crippen molar-refractivity contribution >= 4 is 21.5 Å². The first-order valence-corrected chi connectivity index (χ1v) is 22.0. The quantitative estimate of drug-likeness (QED) is 0.0273. The monoisotopic (exact) mass is 928 g/mol. The van der Waals surface area contributed by atoms with Gasteiger partial charge in [0.2, 0.25) is 5.88 Å². The maximum atomic E-state index is 14.3. The predicted octanol–water partition coefficient (Wildman–Crippen LogP) is -3.97. The minimum absolute atomic E-state index is 0.0554. The number of ether oxygens (including phenoxy) is 4. The van der Waals surface area contributed by atoms with Gasteiger partial charge in [0, 0.05) is 60.5 Å². The summed E-state index contributed by atoms with van der Waals surface area (Å²) in [4.78, 5) is 50.9. The number of aromatic hydroxyl groups is 1. The third-order valence-electron chi connectivity index (χ3n) is 12.2. The predicted molar refractivity (Wildman–Crippen MR) is 234 cm³/mol. The van der Waals surface area contributed by atoms with Gasteiger partial charge in [-0.25, -0.2) is 0 Å². The van der Waals surface area contributed by atoms with Gasteiger partial charge in [-0.1, -0.05) is 5.21 Å². The van der Waals surface area contributed by atoms with Crippen LogP contribution in [-0.4, -0.2) is 204 Å². The molecule has 8 N–H and O–H groups in total. The topological polar surface area (TPSA) is 309 Å². The van der Waals surface area contributed by atoms with Crippen molar-refractivity contribution in [3.05, 3.63) is 66.5 Å². The number of nitrogens with zero attached hydrogens (tertiary/aromatic N) is 8. The van der Waals surface area contributed by atoms with E-state index in [9.17, 15) is 55.2 Å². The largest absolute Gasteiger partial charge is 0.494 e. The Labute approximate surface area is 377 Å². The highest BCUT2D eigenvalue weighted by atomic mass is 16.7. The van der Waals surface area contributed by atoms with E-state index in [0.717, 1.165) is 0 Å². The number of benzene rings is 2. The first-order chi connectivity index (χ1) is 31.6. The van der Waals surface area contributed by atoms with Gasteiger partial charge in [-0.3, -0.25) is 33.2 Å². The number of rotatable bonds is 20. The summed E-state index contributed by atoms with van der Waals surface area (Å²) >= 11 is 0. The second-order valence-electron chi connectivity index (χ2n) is 17.4. The van der Waals surface area contributed by atoms with E-state index in [1.54, 1.807) is 29.1 Å². The fraction of sp³-hybridized carbons (Fsp3) is 0.628. The number of aliphatic hydroxyl groups excluding tert-OH is 7. The number of aryl methyl sites for hydroxylation is 1. The van der Waals surface area contributed by atoms with E-state index >= 15 is 0 Å². The zero-order valence-electron chi connectivity index (χ0n) is 37.3. The summed E-state index contributed by atoms with van der Waals surface area (Å²) in [5.41, 5.74) is -0.367. The molecule has 2 fully saturated rings. The Kier molecular flexibility index (Phi) is 15.8. The Morgan fingerprint density at radius 1 is 0.742 bits per heavy atom. The van der Waals surface area contributed by atoms with Gasteiger partial charge in [-0.2, -0.15) is 0 Å². The number of aromatic nitrogens is 5. The highest BCUT2D eigenvalue weighted by Crippen LogP contribution is 2.37. The molecule has 0 radical (unpaired) electrons. The highest BCUT2D eigenvalue weighted by molar-refractivity contribution is 6.15. The van der Waals surface area contributed by atoms with Crippen LogP contribution in [0.15, 0.2) is 43.8 Å². The van der Waals surface area contributed by atoms with Crippen LogP contribution in [0.3, 0.4) is 0 Å². The zero-order chi connectivity index (χ0) is 47.6. The molecule has 3 aliphatic heterocycles. The Morgan fingerprint density at radius 2 is 1.39 bits per heavy atom. The number of hydrogen-bond acceptors (Lipinski definition) is 20. The third-order valence-corrected chi connectivity index (χ3v) is 12.2. The van der Waals surface area contributed by atoms with Crippen LogP contribution in [0.4, 0.5) is 0 Å². The maximum Gasteiger partial charge on any atom is 0.263 e. The lowest BCUT2D eigenvalue weighted by Crippen LogP contribution is -2.64. The van der Waals surface area contributed by atoms with Gasteiger partial charge in [0.25, 0.3) is 16.7 Å². The fourth-order valence-electron chi connectivity index (χ4n) is 8.65. The van der Waals surface area contributed by atoms with Crippen molar-refractivity contribution in [1.29, 1.82) is 0 Å². The summed E-state index contributed by atoms with van der Waals surface area (Å²) in [7, 11) is 7.64. The molecule has 362 valence electrons. The lowest BCUT2D eigenvalue weighted by Gasteiger charge is -2.45. The van der Waals surface area contributed by atoms with E-state index in [2.05, 4.69) is 10.3 Å². The highest BCUT2D eigenvalue weighted by Gasteiger charge is 2.50. The van der Waals surface area contributed by atoms with Crippen LogP contribution in [0.2, 0.25) is 0 Å². The molecule has 5 heterocycles. The van der Waals surface area contributed by atoms with E-state index in [0.29, 0.717) is 60.9 Å². The minimum Gasteiger partial charge on any atom is -0.494 e.